The van der Waals surface area contributed by atoms with E-state index in [0.29, 0.717) is 32.8 Å². The van der Waals surface area contributed by atoms with Gasteiger partial charge in [-0.25, -0.2) is 14.2 Å². The summed E-state index contributed by atoms with van der Waals surface area (Å²) in [4.78, 5) is 22.3. The molecular formula is C11H14ClFN4O2. The van der Waals surface area contributed by atoms with Gasteiger partial charge in [-0.2, -0.15) is 4.98 Å². The van der Waals surface area contributed by atoms with Crippen LogP contribution < -0.4 is 4.90 Å². The summed E-state index contributed by atoms with van der Waals surface area (Å²) in [6.45, 7) is 3.97. The molecule has 1 aliphatic heterocycles. The van der Waals surface area contributed by atoms with E-state index in [4.69, 9.17) is 16.3 Å². The molecule has 0 bridgehead atoms. The molecule has 8 heteroatoms. The maximum Gasteiger partial charge on any atom is 0.409 e. The molecule has 1 saturated heterocycles. The first-order chi connectivity index (χ1) is 9.11. The molecule has 1 amide bonds. The quantitative estimate of drug-likeness (QED) is 0.773. The Labute approximate surface area is 115 Å². The van der Waals surface area contributed by atoms with E-state index in [1.165, 1.54) is 0 Å². The number of halogens is 2. The van der Waals surface area contributed by atoms with Crippen molar-refractivity contribution in [1.82, 2.24) is 14.9 Å². The molecule has 0 spiro atoms. The third-order valence-corrected chi connectivity index (χ3v) is 2.98. The topological polar surface area (TPSA) is 58.6 Å². The largest absolute Gasteiger partial charge is 0.450 e. The van der Waals surface area contributed by atoms with Gasteiger partial charge in [-0.1, -0.05) is 0 Å². The molecular weight excluding hydrogens is 275 g/mol. The van der Waals surface area contributed by atoms with Gasteiger partial charge in [0.25, 0.3) is 0 Å². The molecule has 1 aliphatic rings. The highest BCUT2D eigenvalue weighted by Crippen LogP contribution is 2.19. The molecule has 1 aromatic heterocycles. The molecule has 0 aliphatic carbocycles. The number of hydrogen-bond acceptors (Lipinski definition) is 5. The highest BCUT2D eigenvalue weighted by molar-refractivity contribution is 6.28. The standard InChI is InChI=1S/C11H14ClFN4O2/c1-2-19-11(18)17-5-3-16(4-6-17)9-8(13)7-14-10(12)15-9/h7H,2-6H2,1H3. The monoisotopic (exact) mass is 288 g/mol. The van der Waals surface area contributed by atoms with E-state index in [1.54, 1.807) is 16.7 Å². The Morgan fingerprint density at radius 3 is 2.79 bits per heavy atom. The fraction of sp³-hybridized carbons (Fsp3) is 0.545. The number of anilines is 1. The van der Waals surface area contributed by atoms with Crippen molar-refractivity contribution in [3.8, 4) is 0 Å². The van der Waals surface area contributed by atoms with Crippen LogP contribution in [-0.4, -0.2) is 53.7 Å². The summed E-state index contributed by atoms with van der Waals surface area (Å²) in [6, 6.07) is 0. The van der Waals surface area contributed by atoms with Crippen molar-refractivity contribution in [3.63, 3.8) is 0 Å². The number of carbonyl (C=O) groups excluding carboxylic acids is 1. The molecule has 0 saturated carbocycles. The Kier molecular flexibility index (Phi) is 4.36. The van der Waals surface area contributed by atoms with Crippen LogP contribution in [0.5, 0.6) is 0 Å². The van der Waals surface area contributed by atoms with Crippen molar-refractivity contribution in [3.05, 3.63) is 17.3 Å². The number of hydrogen-bond donors (Lipinski definition) is 0. The van der Waals surface area contributed by atoms with Gasteiger partial charge in [-0.15, -0.1) is 0 Å². The second-order valence-electron chi connectivity index (χ2n) is 3.98. The first kappa shape index (κ1) is 13.8. The maximum atomic E-state index is 13.6. The van der Waals surface area contributed by atoms with Gasteiger partial charge in [0.2, 0.25) is 5.28 Å². The lowest BCUT2D eigenvalue weighted by Crippen LogP contribution is -2.49. The molecule has 2 rings (SSSR count). The zero-order valence-electron chi connectivity index (χ0n) is 10.5. The number of ether oxygens (including phenoxy) is 1. The first-order valence-corrected chi connectivity index (χ1v) is 6.34. The zero-order chi connectivity index (χ0) is 13.8. The third-order valence-electron chi connectivity index (χ3n) is 2.80. The Morgan fingerprint density at radius 1 is 1.47 bits per heavy atom. The van der Waals surface area contributed by atoms with Crippen LogP contribution in [0, 0.1) is 5.82 Å². The average Bonchev–Trinajstić information content (AvgIpc) is 2.42. The molecule has 19 heavy (non-hydrogen) atoms. The highest BCUT2D eigenvalue weighted by Gasteiger charge is 2.24. The fourth-order valence-electron chi connectivity index (χ4n) is 1.87. The fourth-order valence-corrected chi connectivity index (χ4v) is 2.00. The van der Waals surface area contributed by atoms with Gasteiger partial charge in [0, 0.05) is 26.2 Å². The van der Waals surface area contributed by atoms with Gasteiger partial charge in [-0.3, -0.25) is 0 Å². The smallest absolute Gasteiger partial charge is 0.409 e. The molecule has 1 aromatic rings. The van der Waals surface area contributed by atoms with Crippen molar-refractivity contribution in [1.29, 1.82) is 0 Å². The Morgan fingerprint density at radius 2 is 2.16 bits per heavy atom. The van der Waals surface area contributed by atoms with Crippen LogP contribution in [-0.2, 0) is 4.74 Å². The van der Waals surface area contributed by atoms with Gasteiger partial charge >= 0.3 is 6.09 Å². The van der Waals surface area contributed by atoms with E-state index in [-0.39, 0.29) is 17.2 Å². The minimum absolute atomic E-state index is 0.00391. The number of nitrogens with zero attached hydrogens (tertiary/aromatic N) is 4. The molecule has 2 heterocycles. The molecule has 6 nitrogen and oxygen atoms in total. The number of carbonyl (C=O) groups is 1. The Balaban J connectivity index is 2.00. The lowest BCUT2D eigenvalue weighted by Gasteiger charge is -2.34. The van der Waals surface area contributed by atoms with E-state index in [9.17, 15) is 9.18 Å². The van der Waals surface area contributed by atoms with Crippen LogP contribution in [0.4, 0.5) is 15.0 Å². The minimum Gasteiger partial charge on any atom is -0.450 e. The van der Waals surface area contributed by atoms with Gasteiger partial charge < -0.3 is 14.5 Å². The summed E-state index contributed by atoms with van der Waals surface area (Å²) in [5.41, 5.74) is 0. The zero-order valence-corrected chi connectivity index (χ0v) is 11.2. The lowest BCUT2D eigenvalue weighted by atomic mass is 10.3. The van der Waals surface area contributed by atoms with Crippen LogP contribution in [0.25, 0.3) is 0 Å². The number of piperazine rings is 1. The molecule has 0 N–H and O–H groups in total. The maximum absolute atomic E-state index is 13.6. The molecule has 0 radical (unpaired) electrons. The van der Waals surface area contributed by atoms with E-state index in [2.05, 4.69) is 9.97 Å². The number of rotatable bonds is 2. The van der Waals surface area contributed by atoms with Crippen LogP contribution in [0.2, 0.25) is 5.28 Å². The summed E-state index contributed by atoms with van der Waals surface area (Å²) < 4.78 is 18.5. The second-order valence-corrected chi connectivity index (χ2v) is 4.32. The normalized spacial score (nSPS) is 15.5. The Bertz CT molecular complexity index is 466. The SMILES string of the molecule is CCOC(=O)N1CCN(c2nc(Cl)ncc2F)CC1. The van der Waals surface area contributed by atoms with Gasteiger partial charge in [0.1, 0.15) is 0 Å². The minimum atomic E-state index is -0.519. The predicted octanol–water partition coefficient (Wildman–Crippen LogP) is 1.55. The number of amides is 1. The summed E-state index contributed by atoms with van der Waals surface area (Å²) in [5.74, 6) is -0.350. The van der Waals surface area contributed by atoms with Crippen molar-refractivity contribution in [2.24, 2.45) is 0 Å². The van der Waals surface area contributed by atoms with E-state index in [0.717, 1.165) is 6.20 Å². The van der Waals surface area contributed by atoms with E-state index in [1.807, 2.05) is 0 Å². The van der Waals surface area contributed by atoms with Gasteiger partial charge in [0.05, 0.1) is 12.8 Å². The Hall–Kier alpha value is -1.63. The first-order valence-electron chi connectivity index (χ1n) is 5.96. The summed E-state index contributed by atoms with van der Waals surface area (Å²) >= 11 is 5.66. The lowest BCUT2D eigenvalue weighted by molar-refractivity contribution is 0.105. The molecule has 0 aromatic carbocycles. The van der Waals surface area contributed by atoms with Crippen molar-refractivity contribution in [2.75, 3.05) is 37.7 Å². The van der Waals surface area contributed by atoms with Crippen LogP contribution in [0.3, 0.4) is 0 Å². The molecule has 1 fully saturated rings. The highest BCUT2D eigenvalue weighted by atomic mass is 35.5. The summed E-state index contributed by atoms with van der Waals surface area (Å²) in [6.07, 6.45) is 0.700. The van der Waals surface area contributed by atoms with Crippen molar-refractivity contribution in [2.45, 2.75) is 6.92 Å². The van der Waals surface area contributed by atoms with Crippen LogP contribution >= 0.6 is 11.6 Å². The number of aromatic nitrogens is 2. The second kappa shape index (κ2) is 6.01. The third kappa shape index (κ3) is 3.23. The van der Waals surface area contributed by atoms with Crippen LogP contribution in [0.15, 0.2) is 6.20 Å². The van der Waals surface area contributed by atoms with Gasteiger partial charge in [-0.05, 0) is 18.5 Å². The average molecular weight is 289 g/mol. The summed E-state index contributed by atoms with van der Waals surface area (Å²) in [5, 5.41) is 0.00391. The van der Waals surface area contributed by atoms with Crippen LogP contribution in [0.1, 0.15) is 6.92 Å². The molecule has 0 atom stereocenters. The summed E-state index contributed by atoms with van der Waals surface area (Å²) in [7, 11) is 0. The molecule has 0 unspecified atom stereocenters. The molecule has 104 valence electrons. The van der Waals surface area contributed by atoms with E-state index < -0.39 is 5.82 Å². The van der Waals surface area contributed by atoms with Crippen molar-refractivity contribution < 1.29 is 13.9 Å². The van der Waals surface area contributed by atoms with Gasteiger partial charge in [0.15, 0.2) is 11.6 Å². The predicted molar refractivity (Wildman–Crippen MR) is 67.8 cm³/mol. The van der Waals surface area contributed by atoms with Crippen molar-refractivity contribution >= 4 is 23.5 Å². The van der Waals surface area contributed by atoms with E-state index >= 15 is 0 Å².